The molecule has 0 aromatic rings. The van der Waals surface area contributed by atoms with Gasteiger partial charge in [-0.2, -0.15) is 0 Å². The summed E-state index contributed by atoms with van der Waals surface area (Å²) in [7, 11) is 0. The highest BCUT2D eigenvalue weighted by Gasteiger charge is 2.69. The van der Waals surface area contributed by atoms with Gasteiger partial charge in [0, 0.05) is 11.8 Å². The van der Waals surface area contributed by atoms with E-state index in [9.17, 15) is 15.0 Å². The molecule has 4 aliphatic carbocycles. The van der Waals surface area contributed by atoms with Gasteiger partial charge in [-0.05, 0) is 86.4 Å². The third-order valence-electron chi connectivity index (χ3n) is 10.3. The van der Waals surface area contributed by atoms with Crippen molar-refractivity contribution in [3.63, 3.8) is 0 Å². The molecule has 0 bridgehead atoms. The van der Waals surface area contributed by atoms with E-state index >= 15 is 0 Å². The van der Waals surface area contributed by atoms with Crippen molar-refractivity contribution in [2.75, 3.05) is 0 Å². The number of aliphatic hydroxyl groups excluding tert-OH is 1. The summed E-state index contributed by atoms with van der Waals surface area (Å²) < 4.78 is 0. The fraction of sp³-hybridized carbons (Fsp3) is 0.958. The summed E-state index contributed by atoms with van der Waals surface area (Å²) >= 11 is 0. The van der Waals surface area contributed by atoms with E-state index in [1.165, 1.54) is 25.7 Å². The predicted molar refractivity (Wildman–Crippen MR) is 109 cm³/mol. The topological polar surface area (TPSA) is 77.8 Å². The maximum Gasteiger partial charge on any atom is 0.303 e. The second-order valence-electron chi connectivity index (χ2n) is 11.3. The number of carboxylic acids is 1. The highest BCUT2D eigenvalue weighted by Crippen LogP contribution is 2.69. The predicted octanol–water partition coefficient (Wildman–Crippen LogP) is 4.62. The summed E-state index contributed by atoms with van der Waals surface area (Å²) in [5.74, 6) is 0.884. The lowest BCUT2D eigenvalue weighted by atomic mass is 9.42. The minimum atomic E-state index is -0.738. The lowest BCUT2D eigenvalue weighted by molar-refractivity contribution is -0.251. The number of fused-ring (bicyclic) bond motifs is 5. The van der Waals surface area contributed by atoms with Crippen LogP contribution in [0.3, 0.4) is 0 Å². The van der Waals surface area contributed by atoms with Gasteiger partial charge in [-0.1, -0.05) is 33.6 Å². The van der Waals surface area contributed by atoms with E-state index < -0.39 is 11.6 Å². The number of carboxylic acid groups (broad SMARTS) is 1. The van der Waals surface area contributed by atoms with Gasteiger partial charge in [0.25, 0.3) is 0 Å². The first-order chi connectivity index (χ1) is 13.1. The molecule has 4 aliphatic rings. The molecule has 28 heavy (non-hydrogen) atoms. The second kappa shape index (κ2) is 6.97. The summed E-state index contributed by atoms with van der Waals surface area (Å²) in [6.45, 7) is 6.77. The van der Waals surface area contributed by atoms with Gasteiger partial charge in [-0.3, -0.25) is 4.79 Å². The number of hydrogen-bond acceptors (Lipinski definition) is 3. The Hall–Kier alpha value is -0.610. The third-order valence-corrected chi connectivity index (χ3v) is 10.3. The fourth-order valence-electron chi connectivity index (χ4n) is 8.83. The molecule has 0 radical (unpaired) electrons. The van der Waals surface area contributed by atoms with Crippen LogP contribution in [0.5, 0.6) is 0 Å². The van der Waals surface area contributed by atoms with Crippen molar-refractivity contribution in [2.24, 2.45) is 40.4 Å². The van der Waals surface area contributed by atoms with Crippen LogP contribution in [0.15, 0.2) is 0 Å². The molecular formula is C24H40O4. The van der Waals surface area contributed by atoms with Gasteiger partial charge < -0.3 is 15.3 Å². The zero-order valence-electron chi connectivity index (χ0n) is 18.0. The molecule has 9 atom stereocenters. The van der Waals surface area contributed by atoms with Crippen LogP contribution in [-0.4, -0.2) is 33.0 Å². The first kappa shape index (κ1) is 20.7. The maximum atomic E-state index is 12.2. The van der Waals surface area contributed by atoms with Crippen LogP contribution in [0.2, 0.25) is 0 Å². The molecule has 4 saturated carbocycles. The summed E-state index contributed by atoms with van der Waals surface area (Å²) in [4.78, 5) is 11.1. The van der Waals surface area contributed by atoms with Crippen molar-refractivity contribution >= 4 is 5.97 Å². The molecule has 4 nitrogen and oxygen atoms in total. The number of hydrogen-bond donors (Lipinski definition) is 3. The summed E-state index contributed by atoms with van der Waals surface area (Å²) in [5.41, 5.74) is -0.778. The fourth-order valence-corrected chi connectivity index (χ4v) is 8.83. The first-order valence-corrected chi connectivity index (χ1v) is 11.8. The molecule has 0 spiro atoms. The molecule has 0 aromatic carbocycles. The second-order valence-corrected chi connectivity index (χ2v) is 11.3. The Labute approximate surface area is 170 Å². The largest absolute Gasteiger partial charge is 0.481 e. The lowest BCUT2D eigenvalue weighted by Gasteiger charge is -2.65. The molecule has 0 amide bonds. The van der Waals surface area contributed by atoms with Crippen molar-refractivity contribution < 1.29 is 20.1 Å². The zero-order valence-corrected chi connectivity index (χ0v) is 18.0. The Morgan fingerprint density at radius 3 is 2.54 bits per heavy atom. The number of aliphatic carboxylic acids is 1. The molecule has 4 rings (SSSR count). The number of rotatable bonds is 4. The summed E-state index contributed by atoms with van der Waals surface area (Å²) in [6.07, 6.45) is 10.3. The van der Waals surface area contributed by atoms with Crippen LogP contribution in [-0.2, 0) is 4.79 Å². The van der Waals surface area contributed by atoms with Crippen molar-refractivity contribution in [3.05, 3.63) is 0 Å². The number of aliphatic hydroxyl groups is 2. The smallest absolute Gasteiger partial charge is 0.303 e. The van der Waals surface area contributed by atoms with Crippen LogP contribution in [0, 0.1) is 40.4 Å². The van der Waals surface area contributed by atoms with E-state index in [2.05, 4.69) is 20.8 Å². The van der Waals surface area contributed by atoms with Crippen LogP contribution in [0.25, 0.3) is 0 Å². The Balaban J connectivity index is 1.63. The molecule has 4 fully saturated rings. The van der Waals surface area contributed by atoms with E-state index in [1.807, 2.05) is 0 Å². The van der Waals surface area contributed by atoms with E-state index in [0.29, 0.717) is 18.3 Å². The van der Waals surface area contributed by atoms with Gasteiger partial charge in [0.05, 0.1) is 11.7 Å². The minimum absolute atomic E-state index is 0.144. The van der Waals surface area contributed by atoms with Gasteiger partial charge >= 0.3 is 5.97 Å². The molecule has 3 N–H and O–H groups in total. The molecule has 0 heterocycles. The normalized spacial score (nSPS) is 51.7. The van der Waals surface area contributed by atoms with Crippen molar-refractivity contribution in [1.29, 1.82) is 0 Å². The standard InChI is InChI=1S/C24H40O4/c1-15(7-10-21(26)27)17-8-9-18-23(17,3)20(25)14-19-22(2)12-5-4-6-16(22)11-13-24(18,19)28/h15-20,25,28H,4-14H2,1-3H3,(H,26,27)/t15-,16?,17-,18-,19-,20?,22+,23-,24-/m1/s1. The van der Waals surface area contributed by atoms with E-state index in [1.54, 1.807) is 0 Å². The van der Waals surface area contributed by atoms with Gasteiger partial charge in [-0.25, -0.2) is 0 Å². The van der Waals surface area contributed by atoms with Gasteiger partial charge in [0.1, 0.15) is 0 Å². The maximum absolute atomic E-state index is 12.2. The molecule has 0 aliphatic heterocycles. The van der Waals surface area contributed by atoms with Crippen LogP contribution in [0.4, 0.5) is 0 Å². The van der Waals surface area contributed by atoms with E-state index in [4.69, 9.17) is 5.11 Å². The Kier molecular flexibility index (Phi) is 5.14. The van der Waals surface area contributed by atoms with Crippen molar-refractivity contribution in [2.45, 2.75) is 103 Å². The average Bonchev–Trinajstić information content (AvgIpc) is 3.01. The Bertz CT molecular complexity index is 620. The highest BCUT2D eigenvalue weighted by molar-refractivity contribution is 5.66. The third kappa shape index (κ3) is 2.80. The average molecular weight is 393 g/mol. The quantitative estimate of drug-likeness (QED) is 0.652. The van der Waals surface area contributed by atoms with E-state index in [-0.39, 0.29) is 41.1 Å². The van der Waals surface area contributed by atoms with Gasteiger partial charge in [0.15, 0.2) is 0 Å². The van der Waals surface area contributed by atoms with Crippen LogP contribution in [0.1, 0.15) is 91.4 Å². The van der Waals surface area contributed by atoms with Gasteiger partial charge in [-0.15, -0.1) is 0 Å². The SMILES string of the molecule is C[C@H](CCC(=O)O)[C@H]1CC[C@H]2[C@]3(O)CCC4CCCC[C@]4(C)[C@H]3CC(O)[C@]12C. The van der Waals surface area contributed by atoms with Crippen LogP contribution < -0.4 is 0 Å². The summed E-state index contributed by atoms with van der Waals surface area (Å²) in [5, 5.41) is 32.7. The molecule has 2 unspecified atom stereocenters. The van der Waals surface area contributed by atoms with Crippen LogP contribution >= 0.6 is 0 Å². The monoisotopic (exact) mass is 392 g/mol. The zero-order chi connectivity index (χ0) is 20.3. The molecular weight excluding hydrogens is 352 g/mol. The molecule has 160 valence electrons. The van der Waals surface area contributed by atoms with Crippen molar-refractivity contribution in [1.82, 2.24) is 0 Å². The Morgan fingerprint density at radius 1 is 1.07 bits per heavy atom. The minimum Gasteiger partial charge on any atom is -0.481 e. The van der Waals surface area contributed by atoms with E-state index in [0.717, 1.165) is 32.1 Å². The lowest BCUT2D eigenvalue weighted by Crippen LogP contribution is -2.67. The Morgan fingerprint density at radius 2 is 1.82 bits per heavy atom. The molecule has 0 aromatic heterocycles. The first-order valence-electron chi connectivity index (χ1n) is 11.8. The van der Waals surface area contributed by atoms with Gasteiger partial charge in [0.2, 0.25) is 0 Å². The number of carbonyl (C=O) groups is 1. The molecule has 4 heteroatoms. The highest BCUT2D eigenvalue weighted by atomic mass is 16.4. The molecule has 0 saturated heterocycles. The summed E-state index contributed by atoms with van der Waals surface area (Å²) in [6, 6.07) is 0. The van der Waals surface area contributed by atoms with Crippen molar-refractivity contribution in [3.8, 4) is 0 Å².